The van der Waals surface area contributed by atoms with Crippen LogP contribution >= 0.6 is 12.4 Å². The maximum atomic E-state index is 10.6. The normalized spacial score (nSPS) is 12.2. The molecule has 0 saturated heterocycles. The van der Waals surface area contributed by atoms with Gasteiger partial charge in [0.05, 0.1) is 0 Å². The fraction of sp³-hybridized carbons (Fsp3) is 0.647. The molecule has 2 N–H and O–H groups in total. The highest BCUT2D eigenvalue weighted by atomic mass is 35.5. The molecule has 0 amide bonds. The second kappa shape index (κ2) is 6.82. The van der Waals surface area contributed by atoms with Gasteiger partial charge in [0.2, 0.25) is 0 Å². The summed E-state index contributed by atoms with van der Waals surface area (Å²) < 4.78 is 0. The predicted molar refractivity (Wildman–Crippen MR) is 90.1 cm³/mol. The minimum atomic E-state index is -0.0493. The van der Waals surface area contributed by atoms with Crippen molar-refractivity contribution in [1.82, 2.24) is 5.32 Å². The van der Waals surface area contributed by atoms with Gasteiger partial charge in [-0.1, -0.05) is 60.6 Å². The van der Waals surface area contributed by atoms with Crippen molar-refractivity contribution in [3.05, 3.63) is 28.8 Å². The van der Waals surface area contributed by atoms with Crippen LogP contribution in [0.2, 0.25) is 0 Å². The SMILES string of the molecule is CCNCc1cc(C(C)(C)C)c(O)c(C(C)(C)C)c1.Cl. The number of nitrogens with one attached hydrogen (secondary N) is 1. The van der Waals surface area contributed by atoms with Crippen molar-refractivity contribution in [3.63, 3.8) is 0 Å². The van der Waals surface area contributed by atoms with Crippen LogP contribution < -0.4 is 5.32 Å². The summed E-state index contributed by atoms with van der Waals surface area (Å²) in [4.78, 5) is 0. The van der Waals surface area contributed by atoms with Crippen LogP contribution in [0.25, 0.3) is 0 Å². The molecule has 0 atom stereocenters. The molecule has 0 aliphatic carbocycles. The lowest BCUT2D eigenvalue weighted by Crippen LogP contribution is -2.19. The Bertz CT molecular complexity index is 406. The Morgan fingerprint density at radius 3 is 1.65 bits per heavy atom. The van der Waals surface area contributed by atoms with Crippen LogP contribution in [0.15, 0.2) is 12.1 Å². The highest BCUT2D eigenvalue weighted by molar-refractivity contribution is 5.85. The molecule has 0 radical (unpaired) electrons. The van der Waals surface area contributed by atoms with E-state index in [0.29, 0.717) is 5.75 Å². The molecule has 1 rings (SSSR count). The van der Waals surface area contributed by atoms with Gasteiger partial charge in [0.15, 0.2) is 0 Å². The highest BCUT2D eigenvalue weighted by Crippen LogP contribution is 2.39. The van der Waals surface area contributed by atoms with Crippen LogP contribution in [0.4, 0.5) is 0 Å². The zero-order valence-corrected chi connectivity index (χ0v) is 14.7. The number of halogens is 1. The van der Waals surface area contributed by atoms with Gasteiger partial charge in [-0.2, -0.15) is 0 Å². The molecule has 2 nitrogen and oxygen atoms in total. The van der Waals surface area contributed by atoms with Gasteiger partial charge in [-0.05, 0) is 34.1 Å². The van der Waals surface area contributed by atoms with Crippen LogP contribution in [0.1, 0.15) is 65.2 Å². The second-order valence-corrected chi connectivity index (χ2v) is 7.32. The van der Waals surface area contributed by atoms with E-state index in [1.165, 1.54) is 5.56 Å². The van der Waals surface area contributed by atoms with E-state index in [-0.39, 0.29) is 23.2 Å². The summed E-state index contributed by atoms with van der Waals surface area (Å²) in [5.74, 6) is 0.459. The second-order valence-electron chi connectivity index (χ2n) is 7.32. The Morgan fingerprint density at radius 2 is 1.35 bits per heavy atom. The van der Waals surface area contributed by atoms with Crippen LogP contribution in [0, 0.1) is 0 Å². The van der Waals surface area contributed by atoms with E-state index < -0.39 is 0 Å². The maximum absolute atomic E-state index is 10.6. The Labute approximate surface area is 130 Å². The smallest absolute Gasteiger partial charge is 0.123 e. The van der Waals surface area contributed by atoms with E-state index >= 15 is 0 Å². The van der Waals surface area contributed by atoms with Gasteiger partial charge < -0.3 is 10.4 Å². The fourth-order valence-electron chi connectivity index (χ4n) is 2.21. The Morgan fingerprint density at radius 1 is 0.950 bits per heavy atom. The van der Waals surface area contributed by atoms with Crippen molar-refractivity contribution in [3.8, 4) is 5.75 Å². The quantitative estimate of drug-likeness (QED) is 0.860. The van der Waals surface area contributed by atoms with Gasteiger partial charge in [-0.15, -0.1) is 12.4 Å². The predicted octanol–water partition coefficient (Wildman–Crippen LogP) is 4.52. The molecule has 20 heavy (non-hydrogen) atoms. The Hall–Kier alpha value is -0.730. The molecular formula is C17H30ClNO. The van der Waals surface area contributed by atoms with Gasteiger partial charge in [0.25, 0.3) is 0 Å². The van der Waals surface area contributed by atoms with E-state index in [0.717, 1.165) is 24.2 Å². The third-order valence-corrected chi connectivity index (χ3v) is 3.36. The molecule has 0 aromatic heterocycles. The Kier molecular flexibility index (Phi) is 6.57. The molecule has 0 fully saturated rings. The van der Waals surface area contributed by atoms with Gasteiger partial charge in [0, 0.05) is 6.54 Å². The third kappa shape index (κ3) is 4.68. The molecule has 0 saturated carbocycles. The lowest BCUT2D eigenvalue weighted by atomic mass is 9.78. The van der Waals surface area contributed by atoms with Crippen molar-refractivity contribution < 1.29 is 5.11 Å². The van der Waals surface area contributed by atoms with Crippen molar-refractivity contribution >= 4 is 12.4 Å². The van der Waals surface area contributed by atoms with Crippen LogP contribution in [0.5, 0.6) is 5.75 Å². The van der Waals surface area contributed by atoms with Gasteiger partial charge in [0.1, 0.15) is 5.75 Å². The first kappa shape index (κ1) is 19.3. The lowest BCUT2D eigenvalue weighted by molar-refractivity contribution is 0.422. The molecule has 1 aromatic rings. The standard InChI is InChI=1S/C17H29NO.ClH/c1-8-18-11-12-9-13(16(2,3)4)15(19)14(10-12)17(5,6)7;/h9-10,18-19H,8,11H2,1-7H3;1H. The van der Waals surface area contributed by atoms with Crippen molar-refractivity contribution in [2.24, 2.45) is 0 Å². The first-order chi connectivity index (χ1) is 8.57. The first-order valence-corrected chi connectivity index (χ1v) is 7.15. The minimum Gasteiger partial charge on any atom is -0.507 e. The molecule has 0 heterocycles. The van der Waals surface area contributed by atoms with Gasteiger partial charge in [-0.3, -0.25) is 0 Å². The highest BCUT2D eigenvalue weighted by Gasteiger charge is 2.26. The molecule has 3 heteroatoms. The van der Waals surface area contributed by atoms with Crippen LogP contribution in [-0.2, 0) is 17.4 Å². The molecule has 0 bridgehead atoms. The van der Waals surface area contributed by atoms with Crippen molar-refractivity contribution in [2.75, 3.05) is 6.54 Å². The number of phenolic OH excluding ortho intramolecular Hbond substituents is 1. The molecule has 0 aliphatic rings. The number of aromatic hydroxyl groups is 1. The zero-order chi connectivity index (χ0) is 14.8. The lowest BCUT2D eigenvalue weighted by Gasteiger charge is -2.28. The molecule has 0 spiro atoms. The summed E-state index contributed by atoms with van der Waals surface area (Å²) in [6.07, 6.45) is 0. The first-order valence-electron chi connectivity index (χ1n) is 7.15. The van der Waals surface area contributed by atoms with E-state index in [2.05, 4.69) is 65.9 Å². The average Bonchev–Trinajstić information content (AvgIpc) is 2.24. The molecule has 0 aliphatic heterocycles. The monoisotopic (exact) mass is 299 g/mol. The summed E-state index contributed by atoms with van der Waals surface area (Å²) in [6.45, 7) is 16.8. The fourth-order valence-corrected chi connectivity index (χ4v) is 2.21. The van der Waals surface area contributed by atoms with Crippen LogP contribution in [0.3, 0.4) is 0 Å². The van der Waals surface area contributed by atoms with Gasteiger partial charge in [-0.25, -0.2) is 0 Å². The largest absolute Gasteiger partial charge is 0.507 e. The molecule has 1 aromatic carbocycles. The van der Waals surface area contributed by atoms with E-state index in [4.69, 9.17) is 0 Å². The Balaban J connectivity index is 0.00000361. The van der Waals surface area contributed by atoms with Crippen molar-refractivity contribution in [2.45, 2.75) is 65.8 Å². The zero-order valence-electron chi connectivity index (χ0n) is 13.9. The molecule has 0 unspecified atom stereocenters. The number of benzene rings is 1. The maximum Gasteiger partial charge on any atom is 0.123 e. The summed E-state index contributed by atoms with van der Waals surface area (Å²) in [7, 11) is 0. The molecule has 116 valence electrons. The summed E-state index contributed by atoms with van der Waals surface area (Å²) in [6, 6.07) is 4.26. The topological polar surface area (TPSA) is 32.3 Å². The number of hydrogen-bond acceptors (Lipinski definition) is 2. The van der Waals surface area contributed by atoms with E-state index in [9.17, 15) is 5.11 Å². The number of hydrogen-bond donors (Lipinski definition) is 2. The number of rotatable bonds is 3. The summed E-state index contributed by atoms with van der Waals surface area (Å²) in [5, 5.41) is 13.9. The third-order valence-electron chi connectivity index (χ3n) is 3.36. The van der Waals surface area contributed by atoms with Crippen molar-refractivity contribution in [1.29, 1.82) is 0 Å². The number of phenols is 1. The van der Waals surface area contributed by atoms with E-state index in [1.54, 1.807) is 0 Å². The van der Waals surface area contributed by atoms with Gasteiger partial charge >= 0.3 is 0 Å². The van der Waals surface area contributed by atoms with E-state index in [1.807, 2.05) is 0 Å². The minimum absolute atomic E-state index is 0. The summed E-state index contributed by atoms with van der Waals surface area (Å²) in [5.41, 5.74) is 3.22. The summed E-state index contributed by atoms with van der Waals surface area (Å²) >= 11 is 0. The van der Waals surface area contributed by atoms with Crippen LogP contribution in [-0.4, -0.2) is 11.7 Å². The molecular weight excluding hydrogens is 270 g/mol. The average molecular weight is 300 g/mol.